The molecule has 3 rings (SSSR count). The van der Waals surface area contributed by atoms with E-state index in [-0.39, 0.29) is 5.54 Å². The van der Waals surface area contributed by atoms with Crippen LogP contribution in [0.15, 0.2) is 6.33 Å². The highest BCUT2D eigenvalue weighted by atomic mass is 15.2. The summed E-state index contributed by atoms with van der Waals surface area (Å²) >= 11 is 0. The van der Waals surface area contributed by atoms with Crippen molar-refractivity contribution in [2.24, 2.45) is 0 Å². The van der Waals surface area contributed by atoms with Gasteiger partial charge in [-0.25, -0.2) is 4.98 Å². The molecule has 0 radical (unpaired) electrons. The van der Waals surface area contributed by atoms with Gasteiger partial charge >= 0.3 is 0 Å². The molecule has 0 amide bonds. The maximum absolute atomic E-state index is 4.45. The molecular weight excluding hydrogens is 216 g/mol. The molecule has 2 aromatic heterocycles. The van der Waals surface area contributed by atoms with Gasteiger partial charge in [0.1, 0.15) is 5.52 Å². The molecule has 0 bridgehead atoms. The summed E-state index contributed by atoms with van der Waals surface area (Å²) in [6.07, 6.45) is 5.29. The third-order valence-corrected chi connectivity index (χ3v) is 3.39. The number of hydrogen-bond acceptors (Lipinski definition) is 5. The van der Waals surface area contributed by atoms with E-state index in [1.54, 1.807) is 6.33 Å². The molecule has 0 spiro atoms. The minimum Gasteiger partial charge on any atom is -0.363 e. The van der Waals surface area contributed by atoms with Crippen LogP contribution in [0, 0.1) is 0 Å². The predicted octanol–water partition coefficient (Wildman–Crippen LogP) is 1.75. The van der Waals surface area contributed by atoms with Crippen LogP contribution in [0.2, 0.25) is 0 Å². The summed E-state index contributed by atoms with van der Waals surface area (Å²) in [7, 11) is 1.81. The largest absolute Gasteiger partial charge is 0.363 e. The van der Waals surface area contributed by atoms with Crippen molar-refractivity contribution in [2.45, 2.75) is 31.7 Å². The van der Waals surface area contributed by atoms with Crippen molar-refractivity contribution >= 4 is 22.9 Å². The molecule has 1 aliphatic carbocycles. The van der Waals surface area contributed by atoms with Crippen molar-refractivity contribution in [3.8, 4) is 0 Å². The van der Waals surface area contributed by atoms with Gasteiger partial charge in [0, 0.05) is 12.6 Å². The zero-order valence-electron chi connectivity index (χ0n) is 10.0. The number of aromatic nitrogens is 4. The second-order valence-corrected chi connectivity index (χ2v) is 4.79. The Kier molecular flexibility index (Phi) is 2.17. The van der Waals surface area contributed by atoms with E-state index in [9.17, 15) is 0 Å². The second kappa shape index (κ2) is 3.58. The summed E-state index contributed by atoms with van der Waals surface area (Å²) in [5.74, 6) is 1.43. The Bertz CT molecular complexity index is 542. The topological polar surface area (TPSA) is 78.5 Å². The maximum Gasteiger partial charge on any atom is 0.226 e. The minimum atomic E-state index is 0.164. The zero-order valence-corrected chi connectivity index (χ0v) is 10.0. The maximum atomic E-state index is 4.45. The van der Waals surface area contributed by atoms with Gasteiger partial charge in [0.2, 0.25) is 5.95 Å². The van der Waals surface area contributed by atoms with Gasteiger partial charge in [0.05, 0.1) is 6.33 Å². The summed E-state index contributed by atoms with van der Waals surface area (Å²) in [4.78, 5) is 16.0. The smallest absolute Gasteiger partial charge is 0.226 e. The lowest BCUT2D eigenvalue weighted by Crippen LogP contribution is -2.42. The molecule has 0 aliphatic heterocycles. The van der Waals surface area contributed by atoms with Crippen LogP contribution in [-0.4, -0.2) is 32.5 Å². The van der Waals surface area contributed by atoms with E-state index in [1.165, 1.54) is 19.3 Å². The van der Waals surface area contributed by atoms with Crippen LogP contribution in [-0.2, 0) is 0 Å². The van der Waals surface area contributed by atoms with E-state index in [0.29, 0.717) is 11.6 Å². The first-order valence-corrected chi connectivity index (χ1v) is 5.87. The van der Waals surface area contributed by atoms with E-state index in [0.717, 1.165) is 11.3 Å². The van der Waals surface area contributed by atoms with E-state index < -0.39 is 0 Å². The highest BCUT2D eigenvalue weighted by Crippen LogP contribution is 2.35. The van der Waals surface area contributed by atoms with Crippen LogP contribution in [0.4, 0.5) is 11.8 Å². The molecule has 3 N–H and O–H groups in total. The quantitative estimate of drug-likeness (QED) is 0.751. The number of rotatable bonds is 3. The van der Waals surface area contributed by atoms with Crippen molar-refractivity contribution in [1.29, 1.82) is 0 Å². The zero-order chi connectivity index (χ0) is 11.9. The van der Waals surface area contributed by atoms with Crippen molar-refractivity contribution in [2.75, 3.05) is 17.7 Å². The van der Waals surface area contributed by atoms with Gasteiger partial charge in [0.15, 0.2) is 11.5 Å². The van der Waals surface area contributed by atoms with Gasteiger partial charge in [-0.1, -0.05) is 0 Å². The lowest BCUT2D eigenvalue weighted by atomic mass is 9.78. The summed E-state index contributed by atoms with van der Waals surface area (Å²) in [5.41, 5.74) is 1.73. The van der Waals surface area contributed by atoms with Crippen LogP contribution in [0.25, 0.3) is 11.2 Å². The SMILES string of the molecule is CNc1nc(NC2(C)CCC2)c2[nH]cnc2n1. The van der Waals surface area contributed by atoms with Gasteiger partial charge in [-0.15, -0.1) is 0 Å². The third-order valence-electron chi connectivity index (χ3n) is 3.39. The highest BCUT2D eigenvalue weighted by Gasteiger charge is 2.32. The standard InChI is InChI=1S/C11H16N6/c1-11(4-3-5-11)17-9-7-8(14-6-13-7)15-10(12-2)16-9/h6H,3-5H2,1-2H3,(H3,12,13,14,15,16,17). The number of nitrogens with one attached hydrogen (secondary N) is 3. The van der Waals surface area contributed by atoms with E-state index >= 15 is 0 Å². The van der Waals surface area contributed by atoms with Gasteiger partial charge < -0.3 is 15.6 Å². The number of H-pyrrole nitrogens is 1. The van der Waals surface area contributed by atoms with Crippen molar-refractivity contribution in [3.05, 3.63) is 6.33 Å². The number of hydrogen-bond donors (Lipinski definition) is 3. The van der Waals surface area contributed by atoms with Crippen molar-refractivity contribution in [3.63, 3.8) is 0 Å². The average molecular weight is 232 g/mol. The average Bonchev–Trinajstić information content (AvgIpc) is 2.75. The summed E-state index contributed by atoms with van der Waals surface area (Å²) < 4.78 is 0. The van der Waals surface area contributed by atoms with Crippen molar-refractivity contribution in [1.82, 2.24) is 19.9 Å². The van der Waals surface area contributed by atoms with Gasteiger partial charge in [0.25, 0.3) is 0 Å². The first-order chi connectivity index (χ1) is 8.20. The van der Waals surface area contributed by atoms with Crippen molar-refractivity contribution < 1.29 is 0 Å². The number of fused-ring (bicyclic) bond motifs is 1. The summed E-state index contributed by atoms with van der Waals surface area (Å²) in [6, 6.07) is 0. The Morgan fingerprint density at radius 1 is 1.35 bits per heavy atom. The van der Waals surface area contributed by atoms with Gasteiger partial charge in [-0.3, -0.25) is 0 Å². The van der Waals surface area contributed by atoms with Crippen LogP contribution >= 0.6 is 0 Å². The third kappa shape index (κ3) is 1.69. The van der Waals surface area contributed by atoms with Crippen LogP contribution in [0.1, 0.15) is 26.2 Å². The normalized spacial score (nSPS) is 17.8. The molecule has 0 atom stereocenters. The highest BCUT2D eigenvalue weighted by molar-refractivity contribution is 5.84. The van der Waals surface area contributed by atoms with Gasteiger partial charge in [-0.2, -0.15) is 9.97 Å². The first-order valence-electron chi connectivity index (χ1n) is 5.87. The predicted molar refractivity (Wildman–Crippen MR) is 67.1 cm³/mol. The Hall–Kier alpha value is -1.85. The Morgan fingerprint density at radius 3 is 2.82 bits per heavy atom. The molecule has 90 valence electrons. The fourth-order valence-corrected chi connectivity index (χ4v) is 2.15. The molecule has 6 nitrogen and oxygen atoms in total. The molecular formula is C11H16N6. The number of aromatic amines is 1. The Morgan fingerprint density at radius 2 is 2.18 bits per heavy atom. The van der Waals surface area contributed by atoms with Crippen LogP contribution in [0.3, 0.4) is 0 Å². The number of anilines is 2. The lowest BCUT2D eigenvalue weighted by Gasteiger charge is -2.39. The summed E-state index contributed by atoms with van der Waals surface area (Å²) in [5, 5.41) is 6.45. The van der Waals surface area contributed by atoms with E-state index in [2.05, 4.69) is 37.5 Å². The monoisotopic (exact) mass is 232 g/mol. The minimum absolute atomic E-state index is 0.164. The molecule has 0 unspecified atom stereocenters. The molecule has 2 aromatic rings. The molecule has 17 heavy (non-hydrogen) atoms. The lowest BCUT2D eigenvalue weighted by molar-refractivity contribution is 0.306. The van der Waals surface area contributed by atoms with Crippen LogP contribution < -0.4 is 10.6 Å². The fourth-order valence-electron chi connectivity index (χ4n) is 2.15. The number of imidazole rings is 1. The first kappa shape index (κ1) is 10.3. The van der Waals surface area contributed by atoms with Gasteiger partial charge in [-0.05, 0) is 26.2 Å². The van der Waals surface area contributed by atoms with E-state index in [4.69, 9.17) is 0 Å². The Labute approximate surface area is 99.3 Å². The molecule has 6 heteroatoms. The molecule has 1 saturated carbocycles. The molecule has 1 aliphatic rings. The molecule has 0 aromatic carbocycles. The van der Waals surface area contributed by atoms with Crippen LogP contribution in [0.5, 0.6) is 0 Å². The summed E-state index contributed by atoms with van der Waals surface area (Å²) in [6.45, 7) is 2.22. The molecule has 1 fully saturated rings. The second-order valence-electron chi connectivity index (χ2n) is 4.79. The molecule has 0 saturated heterocycles. The number of nitrogens with zero attached hydrogens (tertiary/aromatic N) is 3. The Balaban J connectivity index is 2.03. The fraction of sp³-hybridized carbons (Fsp3) is 0.545. The van der Waals surface area contributed by atoms with E-state index in [1.807, 2.05) is 7.05 Å². The molecule has 2 heterocycles.